The molecule has 0 N–H and O–H groups in total. The highest BCUT2D eigenvalue weighted by atomic mass is 79.9. The average molecular weight is 332 g/mol. The third kappa shape index (κ3) is 2.97. The van der Waals surface area contributed by atoms with Gasteiger partial charge in [-0.15, -0.1) is 5.10 Å². The minimum Gasteiger partial charge on any atom is -0.437 e. The first-order valence-electron chi connectivity index (χ1n) is 6.41. The van der Waals surface area contributed by atoms with Crippen molar-refractivity contribution in [3.63, 3.8) is 0 Å². The van der Waals surface area contributed by atoms with E-state index in [1.54, 1.807) is 0 Å². The van der Waals surface area contributed by atoms with Crippen LogP contribution in [0.5, 0.6) is 11.6 Å². The third-order valence-corrected chi connectivity index (χ3v) is 3.43. The normalized spacial score (nSPS) is 10.1. The van der Waals surface area contributed by atoms with Crippen molar-refractivity contribution in [2.45, 2.75) is 26.7 Å². The molecular formula is C15H14BrN3O. The maximum Gasteiger partial charge on any atom is 0.257 e. The van der Waals surface area contributed by atoms with Gasteiger partial charge in [-0.1, -0.05) is 35.8 Å². The van der Waals surface area contributed by atoms with Crippen molar-refractivity contribution in [1.29, 1.82) is 5.26 Å². The van der Waals surface area contributed by atoms with Gasteiger partial charge in [0.25, 0.3) is 5.88 Å². The topological polar surface area (TPSA) is 58.8 Å². The number of aryl methyl sites for hydroxylation is 1. The second-order valence-electron chi connectivity index (χ2n) is 4.18. The van der Waals surface area contributed by atoms with E-state index < -0.39 is 0 Å². The molecule has 0 aliphatic rings. The van der Waals surface area contributed by atoms with Crippen LogP contribution < -0.4 is 4.74 Å². The van der Waals surface area contributed by atoms with E-state index in [-0.39, 0.29) is 5.88 Å². The van der Waals surface area contributed by atoms with Crippen LogP contribution in [-0.4, -0.2) is 10.2 Å². The summed E-state index contributed by atoms with van der Waals surface area (Å²) < 4.78 is 6.60. The Morgan fingerprint density at radius 1 is 1.25 bits per heavy atom. The van der Waals surface area contributed by atoms with Crippen molar-refractivity contribution >= 4 is 15.9 Å². The number of nitrogens with zero attached hydrogens (tertiary/aromatic N) is 3. The summed E-state index contributed by atoms with van der Waals surface area (Å²) in [5.41, 5.74) is 2.24. The maximum atomic E-state index is 9.38. The molecule has 0 bridgehead atoms. The highest BCUT2D eigenvalue weighted by Crippen LogP contribution is 2.27. The Labute approximate surface area is 126 Å². The van der Waals surface area contributed by atoms with E-state index in [9.17, 15) is 5.26 Å². The molecule has 0 unspecified atom stereocenters. The second-order valence-corrected chi connectivity index (χ2v) is 5.10. The number of ether oxygens (including phenoxy) is 1. The fourth-order valence-electron chi connectivity index (χ4n) is 1.98. The van der Waals surface area contributed by atoms with Gasteiger partial charge in [0.15, 0.2) is 0 Å². The van der Waals surface area contributed by atoms with Crippen molar-refractivity contribution in [3.8, 4) is 17.7 Å². The zero-order chi connectivity index (χ0) is 14.5. The van der Waals surface area contributed by atoms with Crippen LogP contribution in [0.3, 0.4) is 0 Å². The lowest BCUT2D eigenvalue weighted by molar-refractivity contribution is 0.450. The van der Waals surface area contributed by atoms with Gasteiger partial charge in [-0.05, 0) is 36.6 Å². The van der Waals surface area contributed by atoms with Crippen LogP contribution >= 0.6 is 15.9 Å². The van der Waals surface area contributed by atoms with Crippen LogP contribution in [0, 0.1) is 11.3 Å². The summed E-state index contributed by atoms with van der Waals surface area (Å²) >= 11 is 3.38. The molecule has 0 saturated carbocycles. The molecule has 0 amide bonds. The van der Waals surface area contributed by atoms with Crippen molar-refractivity contribution < 1.29 is 4.74 Å². The minimum atomic E-state index is 0.264. The standard InChI is InChI=1S/C15H14BrN3O/c1-3-12-13(9-17)15(19-18-14(12)4-2)20-11-7-5-6-10(16)8-11/h5-8H,3-4H2,1-2H3. The van der Waals surface area contributed by atoms with Crippen molar-refractivity contribution in [2.24, 2.45) is 0 Å². The fraction of sp³-hybridized carbons (Fsp3) is 0.267. The van der Waals surface area contributed by atoms with Crippen molar-refractivity contribution in [2.75, 3.05) is 0 Å². The quantitative estimate of drug-likeness (QED) is 0.848. The lowest BCUT2D eigenvalue weighted by Gasteiger charge is -2.11. The first-order chi connectivity index (χ1) is 9.69. The lowest BCUT2D eigenvalue weighted by atomic mass is 10.0. The van der Waals surface area contributed by atoms with Crippen LogP contribution in [0.15, 0.2) is 28.7 Å². The van der Waals surface area contributed by atoms with E-state index in [0.717, 1.165) is 28.6 Å². The van der Waals surface area contributed by atoms with Crippen LogP contribution in [0.25, 0.3) is 0 Å². The Morgan fingerprint density at radius 2 is 2.05 bits per heavy atom. The first-order valence-corrected chi connectivity index (χ1v) is 7.20. The van der Waals surface area contributed by atoms with E-state index in [0.29, 0.717) is 11.3 Å². The van der Waals surface area contributed by atoms with Gasteiger partial charge in [-0.2, -0.15) is 10.4 Å². The molecule has 0 aliphatic carbocycles. The summed E-state index contributed by atoms with van der Waals surface area (Å²) in [5.74, 6) is 0.885. The van der Waals surface area contributed by atoms with Gasteiger partial charge in [-0.3, -0.25) is 0 Å². The van der Waals surface area contributed by atoms with E-state index in [2.05, 4.69) is 32.2 Å². The largest absolute Gasteiger partial charge is 0.437 e. The summed E-state index contributed by atoms with van der Waals surface area (Å²) in [6, 6.07) is 9.58. The maximum absolute atomic E-state index is 9.38. The Bertz CT molecular complexity index is 665. The van der Waals surface area contributed by atoms with Gasteiger partial charge in [0.1, 0.15) is 17.4 Å². The van der Waals surface area contributed by atoms with Crippen molar-refractivity contribution in [3.05, 3.63) is 45.6 Å². The smallest absolute Gasteiger partial charge is 0.257 e. The molecule has 1 heterocycles. The van der Waals surface area contributed by atoms with Crippen LogP contribution in [-0.2, 0) is 12.8 Å². The Hall–Kier alpha value is -1.93. The van der Waals surface area contributed by atoms with Crippen LogP contribution in [0.4, 0.5) is 0 Å². The highest BCUT2D eigenvalue weighted by Gasteiger charge is 2.16. The Balaban J connectivity index is 2.45. The molecule has 2 rings (SSSR count). The van der Waals surface area contributed by atoms with Crippen molar-refractivity contribution in [1.82, 2.24) is 10.2 Å². The van der Waals surface area contributed by atoms with Crippen LogP contribution in [0.1, 0.15) is 30.7 Å². The molecule has 102 valence electrons. The number of halogens is 1. The fourth-order valence-corrected chi connectivity index (χ4v) is 2.36. The number of benzene rings is 1. The predicted octanol–water partition coefficient (Wildman–Crippen LogP) is 4.03. The van der Waals surface area contributed by atoms with Gasteiger partial charge in [-0.25, -0.2) is 0 Å². The van der Waals surface area contributed by atoms with E-state index in [1.165, 1.54) is 0 Å². The molecule has 5 heteroatoms. The van der Waals surface area contributed by atoms with E-state index in [1.807, 2.05) is 38.1 Å². The highest BCUT2D eigenvalue weighted by molar-refractivity contribution is 9.10. The summed E-state index contributed by atoms with van der Waals surface area (Å²) in [5, 5.41) is 17.6. The molecule has 4 nitrogen and oxygen atoms in total. The molecule has 2 aromatic rings. The SMILES string of the molecule is CCc1nnc(Oc2cccc(Br)c2)c(C#N)c1CC. The van der Waals surface area contributed by atoms with Gasteiger partial charge in [0, 0.05) is 4.47 Å². The molecule has 20 heavy (non-hydrogen) atoms. The molecule has 0 fully saturated rings. The predicted molar refractivity (Wildman–Crippen MR) is 79.7 cm³/mol. The summed E-state index contributed by atoms with van der Waals surface area (Å²) in [7, 11) is 0. The Kier molecular flexibility index (Phi) is 4.70. The molecule has 1 aromatic heterocycles. The zero-order valence-electron chi connectivity index (χ0n) is 11.4. The number of nitriles is 1. The average Bonchev–Trinajstić information content (AvgIpc) is 2.46. The molecular weight excluding hydrogens is 318 g/mol. The van der Waals surface area contributed by atoms with Gasteiger partial charge < -0.3 is 4.74 Å². The molecule has 0 atom stereocenters. The van der Waals surface area contributed by atoms with Crippen LogP contribution in [0.2, 0.25) is 0 Å². The lowest BCUT2D eigenvalue weighted by Crippen LogP contribution is -2.05. The Morgan fingerprint density at radius 3 is 2.65 bits per heavy atom. The zero-order valence-corrected chi connectivity index (χ0v) is 12.9. The van der Waals surface area contributed by atoms with Gasteiger partial charge >= 0.3 is 0 Å². The number of rotatable bonds is 4. The second kappa shape index (κ2) is 6.49. The van der Waals surface area contributed by atoms with Gasteiger partial charge in [0.2, 0.25) is 0 Å². The number of hydrogen-bond donors (Lipinski definition) is 0. The minimum absolute atomic E-state index is 0.264. The third-order valence-electron chi connectivity index (χ3n) is 2.94. The first kappa shape index (κ1) is 14.5. The summed E-state index contributed by atoms with van der Waals surface area (Å²) in [4.78, 5) is 0. The summed E-state index contributed by atoms with van der Waals surface area (Å²) in [6.07, 6.45) is 1.48. The van der Waals surface area contributed by atoms with Gasteiger partial charge in [0.05, 0.1) is 5.69 Å². The molecule has 1 aromatic carbocycles. The number of aromatic nitrogens is 2. The molecule has 0 aliphatic heterocycles. The molecule has 0 radical (unpaired) electrons. The van der Waals surface area contributed by atoms with E-state index in [4.69, 9.17) is 4.74 Å². The number of hydrogen-bond acceptors (Lipinski definition) is 4. The summed E-state index contributed by atoms with van der Waals surface area (Å²) in [6.45, 7) is 4.00. The monoisotopic (exact) mass is 331 g/mol. The van der Waals surface area contributed by atoms with E-state index >= 15 is 0 Å². The molecule has 0 saturated heterocycles. The molecule has 0 spiro atoms.